The first-order valence-corrected chi connectivity index (χ1v) is 11.8. The predicted octanol–water partition coefficient (Wildman–Crippen LogP) is -0.736. The molecule has 0 unspecified atom stereocenters. The van der Waals surface area contributed by atoms with Crippen molar-refractivity contribution in [1.82, 2.24) is 35.7 Å². The number of aryl methyl sites for hydroxylation is 1. The Morgan fingerprint density at radius 3 is 2.84 bits per heavy atom. The number of carboxylic acid groups (broad SMARTS) is 1. The van der Waals surface area contributed by atoms with Gasteiger partial charge in [0.2, 0.25) is 5.16 Å². The zero-order valence-electron chi connectivity index (χ0n) is 17.2. The van der Waals surface area contributed by atoms with Gasteiger partial charge in [0.25, 0.3) is 11.6 Å². The van der Waals surface area contributed by atoms with Crippen LogP contribution in [0.5, 0.6) is 0 Å². The molecule has 0 saturated carbocycles. The molecule has 1 aromatic rings. The van der Waals surface area contributed by atoms with Crippen LogP contribution in [0.4, 0.5) is 4.79 Å². The van der Waals surface area contributed by atoms with Gasteiger partial charge in [0, 0.05) is 32.2 Å². The maximum atomic E-state index is 13.1. The van der Waals surface area contributed by atoms with Gasteiger partial charge in [-0.05, 0) is 28.8 Å². The first kappa shape index (κ1) is 24.2. The van der Waals surface area contributed by atoms with Gasteiger partial charge in [-0.25, -0.2) is 14.3 Å². The monoisotopic (exact) mass is 502 g/mol. The lowest BCUT2D eigenvalue weighted by molar-refractivity contribution is -0.187. The quantitative estimate of drug-likeness (QED) is 0.104. The summed E-state index contributed by atoms with van der Waals surface area (Å²) >= 11 is 8.00. The standard InChI is InChI=1S/C16H22N8O5S3/c1-23-15(20-21-22-23)32-7-8-6-31-13-16(29-2,12(27)24(13)10(8)11(25)26)19-9(30)4-3-5-18-14(17)28/h13H,3-7H2,1-2H3,(H,19,30)(H,25,26)(H3,17,18,28)/t13-,16+/m1/s1. The number of nitrogens with two attached hydrogens (primary N) is 1. The molecule has 2 aliphatic heterocycles. The number of carbonyl (C=O) groups excluding carboxylic acids is 2. The third kappa shape index (κ3) is 4.67. The first-order valence-electron chi connectivity index (χ1n) is 9.36. The molecule has 3 heterocycles. The summed E-state index contributed by atoms with van der Waals surface area (Å²) in [6, 6.07) is -0.627. The summed E-state index contributed by atoms with van der Waals surface area (Å²) in [5.41, 5.74) is 4.10. The smallest absolute Gasteiger partial charge is 0.352 e. The van der Waals surface area contributed by atoms with Crippen LogP contribution in [0, 0.1) is 0 Å². The van der Waals surface area contributed by atoms with Crippen molar-refractivity contribution in [3.8, 4) is 0 Å². The van der Waals surface area contributed by atoms with Gasteiger partial charge in [0.05, 0.1) is 4.99 Å². The highest BCUT2D eigenvalue weighted by Gasteiger charge is 2.66. The Morgan fingerprint density at radius 2 is 2.25 bits per heavy atom. The molecule has 0 bridgehead atoms. The third-order valence-electron chi connectivity index (χ3n) is 4.80. The molecule has 1 fully saturated rings. The van der Waals surface area contributed by atoms with E-state index in [0.717, 1.165) is 0 Å². The molecule has 2 aliphatic rings. The van der Waals surface area contributed by atoms with Crippen LogP contribution in [-0.2, 0) is 21.4 Å². The molecular weight excluding hydrogens is 480 g/mol. The van der Waals surface area contributed by atoms with E-state index < -0.39 is 29.0 Å². The van der Waals surface area contributed by atoms with Gasteiger partial charge < -0.3 is 26.2 Å². The van der Waals surface area contributed by atoms with Crippen molar-refractivity contribution >= 4 is 58.6 Å². The molecule has 3 amide bonds. The van der Waals surface area contributed by atoms with Gasteiger partial charge in [0.1, 0.15) is 11.1 Å². The molecule has 1 saturated heterocycles. The number of thioether (sulfide) groups is 2. The highest BCUT2D eigenvalue weighted by Crippen LogP contribution is 2.47. The number of thiocarbonyl (C=S) groups is 1. The second-order valence-electron chi connectivity index (χ2n) is 6.85. The molecule has 5 N–H and O–H groups in total. The van der Waals surface area contributed by atoms with Gasteiger partial charge >= 0.3 is 12.0 Å². The van der Waals surface area contributed by atoms with Crippen molar-refractivity contribution in [2.24, 2.45) is 12.8 Å². The van der Waals surface area contributed by atoms with E-state index in [-0.39, 0.29) is 5.70 Å². The van der Waals surface area contributed by atoms with Crippen molar-refractivity contribution in [3.05, 3.63) is 11.3 Å². The molecule has 2 atom stereocenters. The molecule has 0 aromatic carbocycles. The number of nitrogens with zero attached hydrogens (tertiary/aromatic N) is 5. The summed E-state index contributed by atoms with van der Waals surface area (Å²) in [6.45, 7) is 0.337. The number of hydrogen-bond donors (Lipinski definition) is 4. The summed E-state index contributed by atoms with van der Waals surface area (Å²) in [5.74, 6) is -1.02. The lowest BCUT2D eigenvalue weighted by Crippen LogP contribution is -2.80. The summed E-state index contributed by atoms with van der Waals surface area (Å²) in [5, 5.41) is 26.4. The Bertz CT molecular complexity index is 969. The number of rotatable bonds is 10. The summed E-state index contributed by atoms with van der Waals surface area (Å²) in [6.07, 6.45) is 0.906. The minimum Gasteiger partial charge on any atom is -0.477 e. The van der Waals surface area contributed by atoms with E-state index in [9.17, 15) is 19.5 Å². The number of methoxy groups -OCH3 is 1. The number of nitrogens with one attached hydrogen (secondary N) is 2. The van der Waals surface area contributed by atoms with Gasteiger partial charge in [-0.1, -0.05) is 24.0 Å². The number of aliphatic carboxylic acids is 1. The summed E-state index contributed by atoms with van der Waals surface area (Å²) in [4.78, 5) is 37.5. The maximum Gasteiger partial charge on any atom is 0.352 e. The van der Waals surface area contributed by atoms with E-state index in [0.29, 0.717) is 46.6 Å². The summed E-state index contributed by atoms with van der Waals surface area (Å²) in [7, 11) is 3.06. The van der Waals surface area contributed by atoms with E-state index in [1.165, 1.54) is 40.2 Å². The molecule has 0 spiro atoms. The van der Waals surface area contributed by atoms with Crippen molar-refractivity contribution in [2.45, 2.75) is 29.1 Å². The minimum atomic E-state index is -1.45. The Kier molecular flexibility index (Phi) is 7.58. The van der Waals surface area contributed by atoms with E-state index in [4.69, 9.17) is 22.7 Å². The molecule has 32 heavy (non-hydrogen) atoms. The van der Waals surface area contributed by atoms with E-state index in [1.807, 2.05) is 0 Å². The fourth-order valence-corrected chi connectivity index (χ4v) is 6.00. The topological polar surface area (TPSA) is 178 Å². The van der Waals surface area contributed by atoms with Crippen molar-refractivity contribution in [2.75, 3.05) is 25.2 Å². The number of fused-ring (bicyclic) bond motifs is 1. The molecule has 1 aromatic heterocycles. The normalized spacial score (nSPS) is 22.2. The number of tetrazole rings is 1. The zero-order valence-corrected chi connectivity index (χ0v) is 19.7. The number of hydrogen-bond acceptors (Lipinski definition) is 10. The van der Waals surface area contributed by atoms with Gasteiger partial charge in [-0.2, -0.15) is 0 Å². The van der Waals surface area contributed by atoms with Crippen LogP contribution in [0.15, 0.2) is 16.4 Å². The molecular formula is C16H22N8O5S3. The van der Waals surface area contributed by atoms with Crippen LogP contribution in [-0.4, -0.2) is 89.4 Å². The molecule has 0 aliphatic carbocycles. The summed E-state index contributed by atoms with van der Waals surface area (Å²) < 4.78 is 7.00. The second kappa shape index (κ2) is 10.0. The van der Waals surface area contributed by atoms with Crippen LogP contribution in [0.2, 0.25) is 0 Å². The molecule has 174 valence electrons. The molecule has 13 nitrogen and oxygen atoms in total. The van der Waals surface area contributed by atoms with Crippen LogP contribution in [0.3, 0.4) is 0 Å². The zero-order chi connectivity index (χ0) is 23.5. The van der Waals surface area contributed by atoms with E-state index in [2.05, 4.69) is 26.2 Å². The Labute approximate surface area is 196 Å². The fraction of sp³-hybridized carbons (Fsp3) is 0.562. The van der Waals surface area contributed by atoms with Crippen molar-refractivity contribution in [3.63, 3.8) is 0 Å². The van der Waals surface area contributed by atoms with Crippen LogP contribution >= 0.6 is 35.7 Å². The number of carbonyl (C=O) groups is 3. The SMILES string of the molecule is CO[C@@]1(NC(=S)CCCNC(N)=O)C(=O)N2C(C(=O)O)=C(CSc3nnnn3C)CS[C@@H]21. The van der Waals surface area contributed by atoms with Crippen molar-refractivity contribution < 1.29 is 24.2 Å². The number of ether oxygens (including phenoxy) is 1. The first-order chi connectivity index (χ1) is 15.2. The minimum absolute atomic E-state index is 0.0626. The van der Waals surface area contributed by atoms with Gasteiger partial charge in [-0.15, -0.1) is 16.9 Å². The number of β-lactam (4-membered cyclic amide) rings is 1. The number of amides is 3. The second-order valence-corrected chi connectivity index (χ2v) is 9.36. The molecule has 0 radical (unpaired) electrons. The predicted molar refractivity (Wildman–Crippen MR) is 120 cm³/mol. The van der Waals surface area contributed by atoms with Crippen LogP contribution < -0.4 is 16.4 Å². The van der Waals surface area contributed by atoms with Gasteiger partial charge in [0.15, 0.2) is 0 Å². The number of primary amides is 1. The maximum absolute atomic E-state index is 13.1. The number of urea groups is 1. The number of carboxylic acids is 1. The molecule has 16 heteroatoms. The van der Waals surface area contributed by atoms with Crippen LogP contribution in [0.25, 0.3) is 0 Å². The Morgan fingerprint density at radius 1 is 1.50 bits per heavy atom. The number of aromatic nitrogens is 4. The lowest BCUT2D eigenvalue weighted by atomic mass is 9.98. The molecule has 3 rings (SSSR count). The fourth-order valence-electron chi connectivity index (χ4n) is 3.28. The van der Waals surface area contributed by atoms with E-state index in [1.54, 1.807) is 7.05 Å². The average molecular weight is 503 g/mol. The third-order valence-corrected chi connectivity index (χ3v) is 7.57. The van der Waals surface area contributed by atoms with Crippen molar-refractivity contribution in [1.29, 1.82) is 0 Å². The highest BCUT2D eigenvalue weighted by molar-refractivity contribution is 8.01. The van der Waals surface area contributed by atoms with Gasteiger partial charge in [-0.3, -0.25) is 9.69 Å². The Hall–Kier alpha value is -2.43. The average Bonchev–Trinajstić information content (AvgIpc) is 3.16. The van der Waals surface area contributed by atoms with Crippen LogP contribution in [0.1, 0.15) is 12.8 Å². The van der Waals surface area contributed by atoms with E-state index >= 15 is 0 Å². The highest BCUT2D eigenvalue weighted by atomic mass is 32.2. The lowest BCUT2D eigenvalue weighted by Gasteiger charge is -2.56. The Balaban J connectivity index is 1.71. The largest absolute Gasteiger partial charge is 0.477 e.